The fraction of sp³-hybridized carbons (Fsp3) is 0.778. The van der Waals surface area contributed by atoms with Crippen LogP contribution in [0.2, 0.25) is 0 Å². The second-order valence-electron chi connectivity index (χ2n) is 4.71. The third-order valence-electron chi connectivity index (χ3n) is 2.01. The molecule has 0 aromatic rings. The van der Waals surface area contributed by atoms with Gasteiger partial charge in [0.15, 0.2) is 0 Å². The molecule has 0 unspecified atom stereocenters. The number of hydrogen-bond acceptors (Lipinski definition) is 5. The van der Waals surface area contributed by atoms with Gasteiger partial charge in [0, 0.05) is 6.54 Å². The van der Waals surface area contributed by atoms with Crippen LogP contribution >= 0.6 is 14.7 Å². The first-order valence-corrected chi connectivity index (χ1v) is 10.1. The molecule has 0 saturated carbocycles. The zero-order valence-electron chi connectivity index (χ0n) is 10.9. The van der Waals surface area contributed by atoms with Gasteiger partial charge in [0.25, 0.3) is 5.91 Å². The Bertz CT molecular complexity index is 424. The van der Waals surface area contributed by atoms with Crippen LogP contribution in [0.15, 0.2) is 0 Å². The lowest BCUT2D eigenvalue weighted by Gasteiger charge is -2.15. The maximum atomic E-state index is 11.4. The van der Waals surface area contributed by atoms with Crippen LogP contribution in [0.4, 0.5) is 0 Å². The van der Waals surface area contributed by atoms with Crippen LogP contribution in [-0.2, 0) is 18.7 Å². The van der Waals surface area contributed by atoms with Gasteiger partial charge in [-0.2, -0.15) is 0 Å². The third kappa shape index (κ3) is 11.0. The molecule has 0 aromatic carbocycles. The maximum Gasteiger partial charge on any atom is 0.325 e. The van der Waals surface area contributed by atoms with E-state index in [2.05, 4.69) is 0 Å². The molecule has 0 bridgehead atoms. The first-order chi connectivity index (χ1) is 8.41. The molecule has 3 N–H and O–H groups in total. The Morgan fingerprint density at radius 3 is 2.11 bits per heavy atom. The van der Waals surface area contributed by atoms with Gasteiger partial charge in [0.2, 0.25) is 0 Å². The topological polar surface area (TPSA) is 132 Å². The van der Waals surface area contributed by atoms with Gasteiger partial charge in [-0.25, -0.2) is 5.06 Å². The lowest BCUT2D eigenvalue weighted by atomic mass is 10.3. The average Bonchev–Trinajstić information content (AvgIpc) is 2.11. The van der Waals surface area contributed by atoms with Crippen LogP contribution in [0.3, 0.4) is 0 Å². The van der Waals surface area contributed by atoms with Crippen molar-refractivity contribution in [2.45, 2.75) is 12.8 Å². The Morgan fingerprint density at radius 2 is 1.68 bits per heavy atom. The van der Waals surface area contributed by atoms with E-state index in [9.17, 15) is 23.9 Å². The first-order valence-electron chi connectivity index (χ1n) is 5.50. The van der Waals surface area contributed by atoms with Crippen molar-refractivity contribution >= 4 is 26.4 Å². The summed E-state index contributed by atoms with van der Waals surface area (Å²) in [6.07, 6.45) is -1.32. The average molecular weight is 315 g/mol. The predicted molar refractivity (Wildman–Crippen MR) is 69.0 cm³/mol. The van der Waals surface area contributed by atoms with Crippen LogP contribution in [-0.4, -0.2) is 63.9 Å². The number of carbonyl (C=O) groups excluding carboxylic acids is 2. The van der Waals surface area contributed by atoms with Crippen LogP contribution in [0.5, 0.6) is 0 Å². The highest BCUT2D eigenvalue weighted by Crippen LogP contribution is 2.36. The molecule has 0 aliphatic rings. The van der Waals surface area contributed by atoms with E-state index in [0.717, 1.165) is 0 Å². The normalized spacial score (nSPS) is 12.3. The molecule has 0 radical (unpaired) electrons. The molecule has 0 aliphatic carbocycles. The van der Waals surface area contributed by atoms with E-state index in [1.54, 1.807) is 0 Å². The molecule has 0 aromatic heterocycles. The Balaban J connectivity index is 4.11. The molecule has 8 nitrogen and oxygen atoms in total. The number of nitrogens with zero attached hydrogens (tertiary/aromatic N) is 1. The molecule has 19 heavy (non-hydrogen) atoms. The summed E-state index contributed by atoms with van der Waals surface area (Å²) in [5.74, 6) is -1.41. The summed E-state index contributed by atoms with van der Waals surface area (Å²) in [4.78, 5) is 39.9. The Labute approximate surface area is 111 Å². The quantitative estimate of drug-likeness (QED) is 0.255. The summed E-state index contributed by atoms with van der Waals surface area (Å²) < 4.78 is 21.9. The fourth-order valence-corrected chi connectivity index (χ4v) is 2.81. The summed E-state index contributed by atoms with van der Waals surface area (Å²) >= 11 is 0. The minimum Gasteiger partial charge on any atom is -0.324 e. The van der Waals surface area contributed by atoms with Gasteiger partial charge in [-0.3, -0.25) is 19.4 Å². The molecule has 10 heteroatoms. The summed E-state index contributed by atoms with van der Waals surface area (Å²) in [5.41, 5.74) is 0. The van der Waals surface area contributed by atoms with Crippen molar-refractivity contribution in [3.63, 3.8) is 0 Å². The van der Waals surface area contributed by atoms with E-state index in [4.69, 9.17) is 9.79 Å². The van der Waals surface area contributed by atoms with E-state index in [1.807, 2.05) is 0 Å². The van der Waals surface area contributed by atoms with Gasteiger partial charge in [-0.15, -0.1) is 0 Å². The second-order valence-corrected chi connectivity index (χ2v) is 9.95. The monoisotopic (exact) mass is 315 g/mol. The van der Waals surface area contributed by atoms with Crippen molar-refractivity contribution in [1.29, 1.82) is 0 Å². The van der Waals surface area contributed by atoms with E-state index in [-0.39, 0.29) is 24.2 Å². The molecule has 0 heterocycles. The number of Topliss-reactive ketones (excluding diaryl/α,β-unsaturated/α-hetero) is 1. The molecule has 0 spiro atoms. The first kappa shape index (κ1) is 18.5. The molecular formula is C9H19NO7P2. The Morgan fingerprint density at radius 1 is 1.16 bits per heavy atom. The number of hydroxylamine groups is 2. The Hall–Kier alpha value is -0.520. The van der Waals surface area contributed by atoms with E-state index < -0.39 is 39.0 Å². The SMILES string of the molecule is CP(C)(=O)CC(=O)CC(=O)N(O)CCCP(=O)(O)O. The van der Waals surface area contributed by atoms with E-state index in [0.29, 0.717) is 0 Å². The summed E-state index contributed by atoms with van der Waals surface area (Å²) in [7, 11) is -6.72. The van der Waals surface area contributed by atoms with Crippen LogP contribution < -0.4 is 0 Å². The molecule has 0 saturated heterocycles. The predicted octanol–water partition coefficient (Wildman–Crippen LogP) is 0.354. The molecule has 0 rings (SSSR count). The van der Waals surface area contributed by atoms with Gasteiger partial charge < -0.3 is 14.4 Å². The number of ketones is 1. The number of rotatable bonds is 8. The van der Waals surface area contributed by atoms with E-state index >= 15 is 0 Å². The smallest absolute Gasteiger partial charge is 0.324 e. The van der Waals surface area contributed by atoms with Gasteiger partial charge >= 0.3 is 7.60 Å². The van der Waals surface area contributed by atoms with Crippen molar-refractivity contribution in [3.05, 3.63) is 0 Å². The molecule has 0 aliphatic heterocycles. The van der Waals surface area contributed by atoms with Gasteiger partial charge in [-0.05, 0) is 19.8 Å². The van der Waals surface area contributed by atoms with Crippen LogP contribution in [0, 0.1) is 0 Å². The third-order valence-corrected chi connectivity index (χ3v) is 4.03. The zero-order chi connectivity index (χ0) is 15.3. The molecule has 112 valence electrons. The second kappa shape index (κ2) is 7.31. The zero-order valence-corrected chi connectivity index (χ0v) is 12.6. The molecule has 0 fully saturated rings. The number of hydrogen-bond donors (Lipinski definition) is 3. The number of amides is 1. The van der Waals surface area contributed by atoms with Crippen LogP contribution in [0.1, 0.15) is 12.8 Å². The Kier molecular flexibility index (Phi) is 7.11. The van der Waals surface area contributed by atoms with Gasteiger partial charge in [0.05, 0.1) is 25.9 Å². The van der Waals surface area contributed by atoms with Gasteiger partial charge in [0.1, 0.15) is 5.78 Å². The highest BCUT2D eigenvalue weighted by atomic mass is 31.2. The van der Waals surface area contributed by atoms with Crippen molar-refractivity contribution < 1.29 is 33.7 Å². The fourth-order valence-electron chi connectivity index (χ4n) is 1.29. The van der Waals surface area contributed by atoms with Crippen molar-refractivity contribution in [1.82, 2.24) is 5.06 Å². The highest BCUT2D eigenvalue weighted by Gasteiger charge is 2.21. The number of carbonyl (C=O) groups is 2. The molecule has 0 atom stereocenters. The molecular weight excluding hydrogens is 296 g/mol. The minimum absolute atomic E-state index is 0.0826. The largest absolute Gasteiger partial charge is 0.325 e. The highest BCUT2D eigenvalue weighted by molar-refractivity contribution is 7.63. The van der Waals surface area contributed by atoms with Crippen LogP contribution in [0.25, 0.3) is 0 Å². The van der Waals surface area contributed by atoms with Crippen molar-refractivity contribution in [2.24, 2.45) is 0 Å². The lowest BCUT2D eigenvalue weighted by molar-refractivity contribution is -0.166. The minimum atomic E-state index is -4.16. The summed E-state index contributed by atoms with van der Waals surface area (Å²) in [6.45, 7) is 2.57. The molecule has 1 amide bonds. The van der Waals surface area contributed by atoms with E-state index in [1.165, 1.54) is 13.3 Å². The van der Waals surface area contributed by atoms with Gasteiger partial charge in [-0.1, -0.05) is 0 Å². The summed E-state index contributed by atoms with van der Waals surface area (Å²) in [6, 6.07) is 0. The lowest BCUT2D eigenvalue weighted by Crippen LogP contribution is -2.31. The maximum absolute atomic E-state index is 11.4. The standard InChI is InChI=1S/C9H19NO7P2/c1-18(2,14)7-8(11)6-9(12)10(13)4-3-5-19(15,16)17/h13H,3-7H2,1-2H3,(H2,15,16,17). The van der Waals surface area contributed by atoms with Crippen molar-refractivity contribution in [3.8, 4) is 0 Å². The van der Waals surface area contributed by atoms with Crippen molar-refractivity contribution in [2.75, 3.05) is 32.2 Å². The summed E-state index contributed by atoms with van der Waals surface area (Å²) in [5, 5.41) is 9.53.